The van der Waals surface area contributed by atoms with E-state index in [0.29, 0.717) is 44.8 Å². The Kier molecular flexibility index (Phi) is 13.3. The van der Waals surface area contributed by atoms with E-state index >= 15 is 0 Å². The van der Waals surface area contributed by atoms with Crippen LogP contribution in [0.1, 0.15) is 42.7 Å². The van der Waals surface area contributed by atoms with Crippen molar-refractivity contribution < 1.29 is 38.7 Å². The summed E-state index contributed by atoms with van der Waals surface area (Å²) in [7, 11) is 0. The Morgan fingerprint density at radius 3 is 2.15 bits per heavy atom. The number of hydrogen-bond acceptors (Lipinski definition) is 14. The topological polar surface area (TPSA) is 238 Å². The molecule has 47 heavy (non-hydrogen) atoms. The number of aryl methyl sites for hydroxylation is 1. The second kappa shape index (κ2) is 17.2. The number of hydrogen-bond donors (Lipinski definition) is 6. The number of carbonyl (C=O) groups is 1. The van der Waals surface area contributed by atoms with E-state index in [0.717, 1.165) is 16.9 Å². The molecule has 0 saturated carbocycles. The van der Waals surface area contributed by atoms with E-state index in [9.17, 15) is 15.0 Å². The molecule has 9 N–H and O–H groups in total. The van der Waals surface area contributed by atoms with Gasteiger partial charge in [-0.1, -0.05) is 23.7 Å². The maximum Gasteiger partial charge on any atom is 0.283 e. The predicted octanol–water partition coefficient (Wildman–Crippen LogP) is 0.578. The number of amides is 1. The van der Waals surface area contributed by atoms with Crippen molar-refractivity contribution in [3.05, 3.63) is 40.7 Å². The van der Waals surface area contributed by atoms with Gasteiger partial charge in [0.25, 0.3) is 5.91 Å². The van der Waals surface area contributed by atoms with Crippen LogP contribution in [0.5, 0.6) is 5.75 Å². The van der Waals surface area contributed by atoms with Crippen LogP contribution in [0.15, 0.2) is 24.3 Å². The molecule has 0 spiro atoms. The van der Waals surface area contributed by atoms with Crippen LogP contribution in [0.4, 0.5) is 11.6 Å². The fourth-order valence-corrected chi connectivity index (χ4v) is 5.36. The molecule has 260 valence electrons. The number of halogens is 1. The highest BCUT2D eigenvalue weighted by Gasteiger charge is 2.34. The van der Waals surface area contributed by atoms with Gasteiger partial charge in [0, 0.05) is 26.2 Å². The second-order valence-corrected chi connectivity index (χ2v) is 11.8. The van der Waals surface area contributed by atoms with Crippen LogP contribution in [-0.2, 0) is 25.4 Å². The van der Waals surface area contributed by atoms with Crippen molar-refractivity contribution in [2.24, 2.45) is 5.73 Å². The maximum absolute atomic E-state index is 12.9. The minimum absolute atomic E-state index is 0.0966. The van der Waals surface area contributed by atoms with Gasteiger partial charge in [-0.05, 0) is 50.8 Å². The lowest BCUT2D eigenvalue weighted by Crippen LogP contribution is -2.54. The Bertz CT molecular complexity index is 1310. The number of aromatic nitrogens is 2. The van der Waals surface area contributed by atoms with E-state index in [4.69, 9.17) is 57.9 Å². The molecule has 2 aliphatic rings. The van der Waals surface area contributed by atoms with Crippen LogP contribution in [-0.4, -0.2) is 125 Å². The van der Waals surface area contributed by atoms with Gasteiger partial charge >= 0.3 is 0 Å². The quantitative estimate of drug-likeness (QED) is 0.0909. The SMILES string of the molecule is C[C@@H]1OCC(O)[C@H](CN(CCOc2ccc(CCCCN(C(=N)N)C(=O)c3nc(Cl)c(N)nc3N)cc2)C[C@@H]2O[C@H](C)OCC2O)O1. The first-order chi connectivity index (χ1) is 22.4. The van der Waals surface area contributed by atoms with Gasteiger partial charge in [0.15, 0.2) is 41.0 Å². The van der Waals surface area contributed by atoms with Gasteiger partial charge in [-0.2, -0.15) is 0 Å². The van der Waals surface area contributed by atoms with E-state index in [1.807, 2.05) is 29.2 Å². The van der Waals surface area contributed by atoms with Crippen LogP contribution >= 0.6 is 11.6 Å². The van der Waals surface area contributed by atoms with Crippen molar-refractivity contribution >= 4 is 35.1 Å². The maximum atomic E-state index is 12.9. The van der Waals surface area contributed by atoms with Crippen LogP contribution in [0.3, 0.4) is 0 Å². The minimum Gasteiger partial charge on any atom is -0.492 e. The molecule has 17 heteroatoms. The highest BCUT2D eigenvalue weighted by atomic mass is 35.5. The lowest BCUT2D eigenvalue weighted by Gasteiger charge is -2.39. The normalized spacial score (nSPS) is 24.6. The van der Waals surface area contributed by atoms with Gasteiger partial charge in [-0.15, -0.1) is 0 Å². The molecule has 0 bridgehead atoms. The summed E-state index contributed by atoms with van der Waals surface area (Å²) >= 11 is 5.90. The van der Waals surface area contributed by atoms with E-state index in [2.05, 4.69) is 9.97 Å². The minimum atomic E-state index is -0.774. The van der Waals surface area contributed by atoms with E-state index < -0.39 is 48.9 Å². The van der Waals surface area contributed by atoms with Gasteiger partial charge in [0.2, 0.25) is 0 Å². The van der Waals surface area contributed by atoms with Crippen LogP contribution in [0.25, 0.3) is 0 Å². The molecular weight excluding hydrogens is 636 g/mol. The number of nitrogen functional groups attached to an aromatic ring is 2. The van der Waals surface area contributed by atoms with Crippen molar-refractivity contribution in [1.82, 2.24) is 19.8 Å². The average molecular weight is 681 g/mol. The number of aliphatic hydroxyl groups excluding tert-OH is 2. The van der Waals surface area contributed by atoms with Gasteiger partial charge in [-0.3, -0.25) is 20.0 Å². The van der Waals surface area contributed by atoms with Gasteiger partial charge in [0.05, 0.1) is 13.2 Å². The monoisotopic (exact) mass is 680 g/mol. The number of nitrogens with two attached hydrogens (primary N) is 3. The summed E-state index contributed by atoms with van der Waals surface area (Å²) in [4.78, 5) is 23.8. The zero-order valence-corrected chi connectivity index (χ0v) is 27.3. The molecular formula is C30H45ClN8O8. The van der Waals surface area contributed by atoms with E-state index in [1.165, 1.54) is 0 Å². The van der Waals surface area contributed by atoms with Crippen molar-refractivity contribution in [3.63, 3.8) is 0 Å². The molecule has 1 amide bonds. The summed E-state index contributed by atoms with van der Waals surface area (Å²) in [5.41, 5.74) is 17.9. The summed E-state index contributed by atoms with van der Waals surface area (Å²) in [5, 5.41) is 28.5. The number of nitrogens with one attached hydrogen (secondary N) is 1. The summed E-state index contributed by atoms with van der Waals surface area (Å²) in [6, 6.07) is 7.71. The molecule has 3 heterocycles. The Morgan fingerprint density at radius 1 is 0.979 bits per heavy atom. The third-order valence-corrected chi connectivity index (χ3v) is 8.09. The molecule has 0 aliphatic carbocycles. The van der Waals surface area contributed by atoms with Crippen molar-refractivity contribution in [1.29, 1.82) is 5.41 Å². The fourth-order valence-electron chi connectivity index (χ4n) is 5.23. The Hall–Kier alpha value is -3.35. The first-order valence-electron chi connectivity index (χ1n) is 15.5. The zero-order chi connectivity index (χ0) is 34.1. The molecule has 2 saturated heterocycles. The molecule has 2 aliphatic heterocycles. The van der Waals surface area contributed by atoms with E-state index in [-0.39, 0.29) is 42.2 Å². The molecule has 1 aromatic carbocycles. The highest BCUT2D eigenvalue weighted by Crippen LogP contribution is 2.21. The van der Waals surface area contributed by atoms with Gasteiger partial charge in [0.1, 0.15) is 36.8 Å². The standard InChI is InChI=1S/C30H45ClN8O8/c1-17-44-15-21(40)23(46-17)13-38(14-24-22(41)16-45-18(2)47-24)11-12-43-20-8-6-19(7-9-20)5-3-4-10-39(30(34)35)29(42)25-27(32)37-28(33)26(31)36-25/h6-9,17-18,21-24,40-41H,3-5,10-16H2,1-2H3,(H3,34,35)(H4,32,33,37)/t17-,18-,21?,22?,23+,24+/m1/s1. The summed E-state index contributed by atoms with van der Waals surface area (Å²) in [6.45, 7) is 5.79. The van der Waals surface area contributed by atoms with Crippen LogP contribution in [0.2, 0.25) is 5.15 Å². The molecule has 2 unspecified atom stereocenters. The molecule has 2 fully saturated rings. The van der Waals surface area contributed by atoms with Gasteiger partial charge in [-0.25, -0.2) is 9.97 Å². The number of carbonyl (C=O) groups excluding carboxylic acids is 1. The number of anilines is 2. The first kappa shape index (κ1) is 36.5. The number of unbranched alkanes of at least 4 members (excludes halogenated alkanes) is 1. The molecule has 16 nitrogen and oxygen atoms in total. The highest BCUT2D eigenvalue weighted by molar-refractivity contribution is 6.31. The lowest BCUT2D eigenvalue weighted by atomic mass is 10.1. The number of aliphatic hydroxyl groups is 2. The number of guanidine groups is 1. The van der Waals surface area contributed by atoms with Crippen molar-refractivity contribution in [3.8, 4) is 5.75 Å². The van der Waals surface area contributed by atoms with Crippen LogP contribution < -0.4 is 21.9 Å². The largest absolute Gasteiger partial charge is 0.492 e. The van der Waals surface area contributed by atoms with E-state index in [1.54, 1.807) is 13.8 Å². The summed E-state index contributed by atoms with van der Waals surface area (Å²) in [5.74, 6) is -0.722. The zero-order valence-electron chi connectivity index (χ0n) is 26.6. The Labute approximate surface area is 278 Å². The molecule has 1 aromatic heterocycles. The van der Waals surface area contributed by atoms with Crippen molar-refractivity contribution in [2.75, 3.05) is 57.5 Å². The molecule has 4 rings (SSSR count). The third-order valence-electron chi connectivity index (χ3n) is 7.81. The lowest BCUT2D eigenvalue weighted by molar-refractivity contribution is -0.257. The summed E-state index contributed by atoms with van der Waals surface area (Å²) in [6.07, 6.45) is -1.33. The van der Waals surface area contributed by atoms with Crippen molar-refractivity contribution in [2.45, 2.75) is 70.1 Å². The Morgan fingerprint density at radius 2 is 1.57 bits per heavy atom. The number of ether oxygens (including phenoxy) is 5. The smallest absolute Gasteiger partial charge is 0.283 e. The van der Waals surface area contributed by atoms with Crippen LogP contribution in [0, 0.1) is 5.41 Å². The Balaban J connectivity index is 1.25. The molecule has 2 aromatic rings. The molecule has 0 radical (unpaired) electrons. The number of nitrogens with zero attached hydrogens (tertiary/aromatic N) is 4. The molecule has 6 atom stereocenters. The van der Waals surface area contributed by atoms with Gasteiger partial charge < -0.3 is 51.1 Å². The number of rotatable bonds is 14. The summed E-state index contributed by atoms with van der Waals surface area (Å²) < 4.78 is 28.4. The average Bonchev–Trinajstić information content (AvgIpc) is 3.02. The second-order valence-electron chi connectivity index (χ2n) is 11.5. The number of benzene rings is 1. The fraction of sp³-hybridized carbons (Fsp3) is 0.600. The predicted molar refractivity (Wildman–Crippen MR) is 173 cm³/mol. The third kappa shape index (κ3) is 10.6. The first-order valence-corrected chi connectivity index (χ1v) is 15.9.